The summed E-state index contributed by atoms with van der Waals surface area (Å²) in [6.07, 6.45) is 1.71. The topological polar surface area (TPSA) is 160 Å². The Bertz CT molecular complexity index is 1530. The average molecular weight is 648 g/mol. The maximum Gasteiger partial charge on any atom is 0.286 e. The summed E-state index contributed by atoms with van der Waals surface area (Å²) in [6, 6.07) is 19.7. The number of hydrogen-bond acceptors (Lipinski definition) is 10. The van der Waals surface area contributed by atoms with E-state index in [-0.39, 0.29) is 50.1 Å². The number of nitrogens with two attached hydrogens (primary N) is 1. The fraction of sp³-hybridized carbons (Fsp3) is 0.371. The molecule has 0 bridgehead atoms. The van der Waals surface area contributed by atoms with Crippen molar-refractivity contribution in [3.63, 3.8) is 0 Å². The Morgan fingerprint density at radius 2 is 1.70 bits per heavy atom. The van der Waals surface area contributed by atoms with Crippen LogP contribution in [-0.4, -0.2) is 69.6 Å². The van der Waals surface area contributed by atoms with Crippen molar-refractivity contribution in [3.05, 3.63) is 95.3 Å². The molecule has 0 spiro atoms. The molecule has 47 heavy (non-hydrogen) atoms. The van der Waals surface area contributed by atoms with Gasteiger partial charge in [-0.2, -0.15) is 0 Å². The molecular weight excluding hydrogens is 606 g/mol. The fourth-order valence-corrected chi connectivity index (χ4v) is 5.39. The number of amides is 2. The van der Waals surface area contributed by atoms with Gasteiger partial charge in [0.05, 0.1) is 37.8 Å². The van der Waals surface area contributed by atoms with Crippen molar-refractivity contribution in [3.8, 4) is 11.5 Å². The predicted molar refractivity (Wildman–Crippen MR) is 174 cm³/mol. The molecule has 5 N–H and O–H groups in total. The lowest BCUT2D eigenvalue weighted by Gasteiger charge is -2.37. The number of aliphatic hydroxyl groups is 1. The van der Waals surface area contributed by atoms with Crippen LogP contribution < -0.4 is 25.8 Å². The minimum absolute atomic E-state index is 0.0363. The van der Waals surface area contributed by atoms with E-state index in [0.29, 0.717) is 61.3 Å². The predicted octanol–water partition coefficient (Wildman–Crippen LogP) is 3.96. The molecule has 0 unspecified atom stereocenters. The van der Waals surface area contributed by atoms with E-state index in [1.807, 2.05) is 31.2 Å². The molecule has 2 aliphatic rings. The van der Waals surface area contributed by atoms with Crippen molar-refractivity contribution < 1.29 is 43.1 Å². The Labute approximate surface area is 273 Å². The zero-order valence-corrected chi connectivity index (χ0v) is 26.3. The van der Waals surface area contributed by atoms with Gasteiger partial charge in [0, 0.05) is 37.2 Å². The van der Waals surface area contributed by atoms with Crippen LogP contribution >= 0.6 is 0 Å². The monoisotopic (exact) mass is 647 g/mol. The minimum atomic E-state index is -0.702. The van der Waals surface area contributed by atoms with Crippen LogP contribution in [-0.2, 0) is 30.3 Å². The molecule has 12 nitrogen and oxygen atoms in total. The summed E-state index contributed by atoms with van der Waals surface area (Å²) >= 11 is 0. The highest BCUT2D eigenvalue weighted by atomic mass is 16.7. The highest BCUT2D eigenvalue weighted by Crippen LogP contribution is 2.42. The molecule has 250 valence electrons. The number of aliphatic hydroxyl groups excluding tert-OH is 1. The first-order valence-corrected chi connectivity index (χ1v) is 15.7. The van der Waals surface area contributed by atoms with Crippen LogP contribution in [0.1, 0.15) is 40.7 Å². The molecule has 3 aromatic carbocycles. The van der Waals surface area contributed by atoms with Gasteiger partial charge in [-0.1, -0.05) is 30.3 Å². The van der Waals surface area contributed by atoms with Gasteiger partial charge in [-0.3, -0.25) is 9.59 Å². The van der Waals surface area contributed by atoms with Gasteiger partial charge in [0.15, 0.2) is 17.3 Å². The lowest BCUT2D eigenvalue weighted by atomic mass is 9.81. The summed E-state index contributed by atoms with van der Waals surface area (Å²) in [5, 5.41) is 14.6. The number of nitrogens with one attached hydrogen (secondary N) is 2. The molecule has 0 radical (unpaired) electrons. The van der Waals surface area contributed by atoms with Gasteiger partial charge in [-0.05, 0) is 66.9 Å². The van der Waals surface area contributed by atoms with Crippen LogP contribution in [0.4, 0.5) is 11.4 Å². The van der Waals surface area contributed by atoms with Crippen molar-refractivity contribution in [2.24, 2.45) is 5.92 Å². The van der Waals surface area contributed by atoms with E-state index in [4.69, 9.17) is 39.3 Å². The maximum atomic E-state index is 13.5. The third-order valence-electron chi connectivity index (χ3n) is 7.80. The summed E-state index contributed by atoms with van der Waals surface area (Å²) in [7, 11) is 0. The van der Waals surface area contributed by atoms with Gasteiger partial charge in [-0.15, -0.1) is 0 Å². The highest BCUT2D eigenvalue weighted by Gasteiger charge is 2.38. The third kappa shape index (κ3) is 9.01. The van der Waals surface area contributed by atoms with Crippen LogP contribution in [0.25, 0.3) is 0 Å². The van der Waals surface area contributed by atoms with Crippen LogP contribution in [0.3, 0.4) is 0 Å². The molecule has 3 atom stereocenters. The molecule has 2 heterocycles. The molecule has 2 amide bonds. The normalized spacial score (nSPS) is 18.3. The number of hydrogen-bond donors (Lipinski definition) is 4. The number of carbonyl (C=O) groups excluding carboxylic acids is 2. The Balaban J connectivity index is 1.26. The summed E-state index contributed by atoms with van der Waals surface area (Å²) in [5.74, 6) is 0.359. The molecule has 0 fully saturated rings. The fourth-order valence-electron chi connectivity index (χ4n) is 5.39. The first kappa shape index (κ1) is 33.7. The Morgan fingerprint density at radius 1 is 0.936 bits per heavy atom. The number of benzene rings is 3. The van der Waals surface area contributed by atoms with Gasteiger partial charge in [0.25, 0.3) is 11.8 Å². The summed E-state index contributed by atoms with van der Waals surface area (Å²) in [4.78, 5) is 26.1. The minimum Gasteiger partial charge on any atom is -0.459 e. The van der Waals surface area contributed by atoms with Gasteiger partial charge >= 0.3 is 0 Å². The number of carbonyl (C=O) groups is 2. The second-order valence-electron chi connectivity index (χ2n) is 10.9. The van der Waals surface area contributed by atoms with E-state index >= 15 is 0 Å². The second-order valence-corrected chi connectivity index (χ2v) is 10.9. The standard InChI is InChI=1S/C35H41N3O9/c1-2-44-35-26(13-15-42-17-18-43-16-14-39)27(25-11-12-30-31(19-25)46-22-45-30)20-32(47-35)34(41)37-21-23-7-9-24(10-8-23)33(40)38-29-6-4-3-5-28(29)36/h3-12,19-20,26-27,35,39H,2,13-18,21-22,36H2,1H3,(H,37,41)(H,38,40)/t26-,27+,35+/m1/s1. The van der Waals surface area contributed by atoms with E-state index in [1.54, 1.807) is 48.5 Å². The number of allylic oxidation sites excluding steroid dienone is 1. The smallest absolute Gasteiger partial charge is 0.286 e. The molecule has 0 saturated heterocycles. The lowest BCUT2D eigenvalue weighted by Crippen LogP contribution is -2.39. The van der Waals surface area contributed by atoms with Gasteiger partial charge < -0.3 is 49.9 Å². The molecular formula is C35H41N3O9. The second kappa shape index (κ2) is 16.8. The largest absolute Gasteiger partial charge is 0.459 e. The molecule has 5 rings (SSSR count). The quantitative estimate of drug-likeness (QED) is 0.132. The average Bonchev–Trinajstić information content (AvgIpc) is 3.56. The number of para-hydroxylation sites is 2. The van der Waals surface area contributed by atoms with Gasteiger partial charge in [0.1, 0.15) is 0 Å². The van der Waals surface area contributed by atoms with Crippen molar-refractivity contribution in [2.75, 3.05) is 57.5 Å². The van der Waals surface area contributed by atoms with Crippen LogP contribution in [0, 0.1) is 5.92 Å². The summed E-state index contributed by atoms with van der Waals surface area (Å²) < 4.78 is 34.4. The zero-order valence-electron chi connectivity index (χ0n) is 26.3. The first-order valence-electron chi connectivity index (χ1n) is 15.7. The Morgan fingerprint density at radius 3 is 2.47 bits per heavy atom. The van der Waals surface area contributed by atoms with Gasteiger partial charge in [-0.25, -0.2) is 0 Å². The number of ether oxygens (including phenoxy) is 6. The maximum absolute atomic E-state index is 13.5. The van der Waals surface area contributed by atoms with E-state index in [0.717, 1.165) is 11.1 Å². The van der Waals surface area contributed by atoms with E-state index in [1.165, 1.54) is 0 Å². The van der Waals surface area contributed by atoms with Crippen molar-refractivity contribution in [1.29, 1.82) is 0 Å². The third-order valence-corrected chi connectivity index (χ3v) is 7.80. The molecule has 0 saturated carbocycles. The summed E-state index contributed by atoms with van der Waals surface area (Å²) in [5.41, 5.74) is 9.14. The lowest BCUT2D eigenvalue weighted by molar-refractivity contribution is -0.168. The molecule has 0 aliphatic carbocycles. The van der Waals surface area contributed by atoms with Crippen molar-refractivity contribution in [2.45, 2.75) is 32.1 Å². The van der Waals surface area contributed by atoms with Crippen molar-refractivity contribution >= 4 is 23.2 Å². The van der Waals surface area contributed by atoms with Crippen LogP contribution in [0.2, 0.25) is 0 Å². The van der Waals surface area contributed by atoms with Crippen LogP contribution in [0.5, 0.6) is 11.5 Å². The number of nitrogen functional groups attached to an aromatic ring is 1. The highest BCUT2D eigenvalue weighted by molar-refractivity contribution is 6.05. The number of rotatable bonds is 16. The molecule has 0 aromatic heterocycles. The molecule has 12 heteroatoms. The SMILES string of the molecule is CCO[C@H]1OC(C(=O)NCc2ccc(C(=O)Nc3ccccc3N)cc2)=C[C@@H](c2ccc3c(c2)OCO3)[C@H]1CCOCCOCCO. The number of anilines is 2. The molecule has 2 aliphatic heterocycles. The van der Waals surface area contributed by atoms with E-state index in [2.05, 4.69) is 10.6 Å². The summed E-state index contributed by atoms with van der Waals surface area (Å²) in [6.45, 7) is 4.05. The van der Waals surface area contributed by atoms with E-state index < -0.39 is 12.2 Å². The number of fused-ring (bicyclic) bond motifs is 1. The van der Waals surface area contributed by atoms with E-state index in [9.17, 15) is 9.59 Å². The Kier molecular flexibility index (Phi) is 12.1. The van der Waals surface area contributed by atoms with Gasteiger partial charge in [0.2, 0.25) is 13.1 Å². The van der Waals surface area contributed by atoms with Crippen molar-refractivity contribution in [1.82, 2.24) is 5.32 Å². The molecule has 3 aromatic rings. The Hall–Kier alpha value is -4.62. The zero-order chi connectivity index (χ0) is 33.0. The van der Waals surface area contributed by atoms with Crippen LogP contribution in [0.15, 0.2) is 78.6 Å². The first-order chi connectivity index (χ1) is 23.0.